The number of rotatable bonds is 4. The number of benzene rings is 1. The summed E-state index contributed by atoms with van der Waals surface area (Å²) in [5, 5.41) is 0. The second-order valence-corrected chi connectivity index (χ2v) is 5.01. The van der Waals surface area contributed by atoms with Gasteiger partial charge in [0.2, 0.25) is 5.89 Å². The van der Waals surface area contributed by atoms with Crippen LogP contribution in [0.2, 0.25) is 0 Å². The third-order valence-electron chi connectivity index (χ3n) is 3.24. The highest BCUT2D eigenvalue weighted by Gasteiger charge is 2.15. The Morgan fingerprint density at radius 2 is 1.91 bits per heavy atom. The third kappa shape index (κ3) is 3.42. The highest BCUT2D eigenvalue weighted by molar-refractivity contribution is 5.86. The van der Waals surface area contributed by atoms with Crippen LogP contribution in [-0.4, -0.2) is 20.9 Å². The minimum Gasteiger partial charge on any atom is -0.454 e. The number of hydrogen-bond acceptors (Lipinski definition) is 6. The number of nitrogens with zero attached hydrogens (tertiary/aromatic N) is 3. The smallest absolute Gasteiger partial charge is 0.358 e. The molecule has 3 aromatic rings. The molecular formula is C17H15N3O3. The van der Waals surface area contributed by atoms with Gasteiger partial charge in [-0.3, -0.25) is 4.98 Å². The van der Waals surface area contributed by atoms with Gasteiger partial charge in [-0.1, -0.05) is 18.2 Å². The van der Waals surface area contributed by atoms with Crippen molar-refractivity contribution < 1.29 is 13.9 Å². The summed E-state index contributed by atoms with van der Waals surface area (Å²) in [6, 6.07) is 9.55. The normalized spacial score (nSPS) is 10.5. The molecule has 0 saturated heterocycles. The van der Waals surface area contributed by atoms with Crippen LogP contribution in [0, 0.1) is 13.8 Å². The average Bonchev–Trinajstić information content (AvgIpc) is 2.95. The van der Waals surface area contributed by atoms with E-state index in [4.69, 9.17) is 9.15 Å². The molecule has 0 saturated carbocycles. The van der Waals surface area contributed by atoms with Crippen LogP contribution >= 0.6 is 0 Å². The van der Waals surface area contributed by atoms with Gasteiger partial charge in [-0.05, 0) is 26.0 Å². The van der Waals surface area contributed by atoms with Gasteiger partial charge in [0.25, 0.3) is 0 Å². The molecule has 23 heavy (non-hydrogen) atoms. The molecule has 0 spiro atoms. The van der Waals surface area contributed by atoms with Crippen LogP contribution < -0.4 is 0 Å². The second kappa shape index (κ2) is 6.39. The molecule has 2 aromatic heterocycles. The fourth-order valence-corrected chi connectivity index (χ4v) is 1.97. The minimum atomic E-state index is -0.541. The second-order valence-electron chi connectivity index (χ2n) is 5.01. The number of esters is 1. The van der Waals surface area contributed by atoms with Crippen LogP contribution in [0.5, 0.6) is 0 Å². The van der Waals surface area contributed by atoms with E-state index in [2.05, 4.69) is 15.0 Å². The van der Waals surface area contributed by atoms with Gasteiger partial charge in [-0.2, -0.15) is 0 Å². The van der Waals surface area contributed by atoms with Crippen molar-refractivity contribution in [2.24, 2.45) is 0 Å². The molecule has 0 aliphatic heterocycles. The van der Waals surface area contributed by atoms with E-state index < -0.39 is 5.97 Å². The molecule has 0 aliphatic carbocycles. The first-order valence-corrected chi connectivity index (χ1v) is 7.11. The van der Waals surface area contributed by atoms with Gasteiger partial charge in [-0.15, -0.1) is 0 Å². The standard InChI is InChI=1S/C17H15N3O3/c1-11-8-19-14(9-18-11)17(21)22-10-15-12(2)23-16(20-15)13-6-4-3-5-7-13/h3-9H,10H2,1-2H3. The van der Waals surface area contributed by atoms with E-state index in [0.29, 0.717) is 17.3 Å². The summed E-state index contributed by atoms with van der Waals surface area (Å²) in [4.78, 5) is 24.3. The predicted molar refractivity (Wildman–Crippen MR) is 82.6 cm³/mol. The van der Waals surface area contributed by atoms with Crippen LogP contribution in [-0.2, 0) is 11.3 Å². The van der Waals surface area contributed by atoms with Crippen LogP contribution in [0.4, 0.5) is 0 Å². The highest BCUT2D eigenvalue weighted by atomic mass is 16.5. The molecule has 1 aromatic carbocycles. The maximum Gasteiger partial charge on any atom is 0.358 e. The first kappa shape index (κ1) is 14.9. The number of oxazole rings is 1. The van der Waals surface area contributed by atoms with E-state index in [-0.39, 0.29) is 12.3 Å². The number of carbonyl (C=O) groups excluding carboxylic acids is 1. The molecule has 6 nitrogen and oxygen atoms in total. The Morgan fingerprint density at radius 3 is 2.61 bits per heavy atom. The predicted octanol–water partition coefficient (Wildman–Crippen LogP) is 3.11. The zero-order chi connectivity index (χ0) is 16.2. The zero-order valence-electron chi connectivity index (χ0n) is 12.8. The molecule has 116 valence electrons. The lowest BCUT2D eigenvalue weighted by molar-refractivity contribution is 0.0459. The molecule has 0 fully saturated rings. The Labute approximate surface area is 133 Å². The highest BCUT2D eigenvalue weighted by Crippen LogP contribution is 2.21. The Balaban J connectivity index is 1.70. The molecule has 6 heteroatoms. The van der Waals surface area contributed by atoms with Gasteiger partial charge in [0.1, 0.15) is 18.1 Å². The number of hydrogen-bond donors (Lipinski definition) is 0. The number of ether oxygens (including phenoxy) is 1. The summed E-state index contributed by atoms with van der Waals surface area (Å²) in [6.45, 7) is 3.61. The van der Waals surface area contributed by atoms with E-state index in [0.717, 1.165) is 11.3 Å². The first-order valence-electron chi connectivity index (χ1n) is 7.11. The molecule has 0 N–H and O–H groups in total. The molecule has 0 atom stereocenters. The van der Waals surface area contributed by atoms with E-state index in [9.17, 15) is 4.79 Å². The lowest BCUT2D eigenvalue weighted by Gasteiger charge is -2.02. The molecule has 0 radical (unpaired) electrons. The van der Waals surface area contributed by atoms with Crippen molar-refractivity contribution in [1.29, 1.82) is 0 Å². The Bertz CT molecular complexity index is 811. The van der Waals surface area contributed by atoms with Gasteiger partial charge in [0, 0.05) is 11.8 Å². The van der Waals surface area contributed by atoms with Gasteiger partial charge in [0.15, 0.2) is 5.69 Å². The molecular weight excluding hydrogens is 294 g/mol. The Kier molecular flexibility index (Phi) is 4.14. The molecule has 2 heterocycles. The summed E-state index contributed by atoms with van der Waals surface area (Å²) in [5.41, 5.74) is 2.36. The first-order chi connectivity index (χ1) is 11.1. The molecule has 0 bridgehead atoms. The number of carbonyl (C=O) groups is 1. The summed E-state index contributed by atoms with van der Waals surface area (Å²) in [6.07, 6.45) is 2.91. The van der Waals surface area contributed by atoms with Crippen molar-refractivity contribution in [3.8, 4) is 11.5 Å². The molecule has 0 amide bonds. The van der Waals surface area contributed by atoms with Gasteiger partial charge in [-0.25, -0.2) is 14.8 Å². The van der Waals surface area contributed by atoms with Crippen LogP contribution in [0.3, 0.4) is 0 Å². The summed E-state index contributed by atoms with van der Waals surface area (Å²) >= 11 is 0. The Hall–Kier alpha value is -3.02. The zero-order valence-corrected chi connectivity index (χ0v) is 12.8. The molecule has 0 aliphatic rings. The number of aryl methyl sites for hydroxylation is 2. The fourth-order valence-electron chi connectivity index (χ4n) is 1.97. The minimum absolute atomic E-state index is 0.0244. The monoisotopic (exact) mass is 309 g/mol. The summed E-state index contributed by atoms with van der Waals surface area (Å²) in [5.74, 6) is 0.581. The fraction of sp³-hybridized carbons (Fsp3) is 0.176. The van der Waals surface area contributed by atoms with E-state index in [1.54, 1.807) is 13.8 Å². The molecule has 3 rings (SSSR count). The number of aromatic nitrogens is 3. The largest absolute Gasteiger partial charge is 0.454 e. The molecule has 0 unspecified atom stereocenters. The van der Waals surface area contributed by atoms with Crippen LogP contribution in [0.25, 0.3) is 11.5 Å². The maximum atomic E-state index is 11.9. The van der Waals surface area contributed by atoms with E-state index in [1.807, 2.05) is 30.3 Å². The van der Waals surface area contributed by atoms with E-state index >= 15 is 0 Å². The van der Waals surface area contributed by atoms with Crippen molar-refractivity contribution in [1.82, 2.24) is 15.0 Å². The Morgan fingerprint density at radius 1 is 1.13 bits per heavy atom. The van der Waals surface area contributed by atoms with Crippen LogP contribution in [0.15, 0.2) is 47.1 Å². The van der Waals surface area contributed by atoms with Crippen LogP contribution in [0.1, 0.15) is 27.6 Å². The summed E-state index contributed by atoms with van der Waals surface area (Å²) in [7, 11) is 0. The van der Waals surface area contributed by atoms with Crippen molar-refractivity contribution in [3.05, 3.63) is 65.6 Å². The lowest BCUT2D eigenvalue weighted by atomic mass is 10.2. The van der Waals surface area contributed by atoms with Crippen molar-refractivity contribution in [2.45, 2.75) is 20.5 Å². The SMILES string of the molecule is Cc1cnc(C(=O)OCc2nc(-c3ccccc3)oc2C)cn1. The van der Waals surface area contributed by atoms with Crippen molar-refractivity contribution >= 4 is 5.97 Å². The van der Waals surface area contributed by atoms with Crippen molar-refractivity contribution in [2.75, 3.05) is 0 Å². The van der Waals surface area contributed by atoms with Gasteiger partial charge in [0.05, 0.1) is 11.9 Å². The topological polar surface area (TPSA) is 78.1 Å². The average molecular weight is 309 g/mol. The summed E-state index contributed by atoms with van der Waals surface area (Å²) < 4.78 is 10.8. The quantitative estimate of drug-likeness (QED) is 0.689. The third-order valence-corrected chi connectivity index (χ3v) is 3.24. The van der Waals surface area contributed by atoms with Gasteiger partial charge < -0.3 is 9.15 Å². The van der Waals surface area contributed by atoms with Gasteiger partial charge >= 0.3 is 5.97 Å². The lowest BCUT2D eigenvalue weighted by Crippen LogP contribution is -2.08. The maximum absolute atomic E-state index is 11.9. The van der Waals surface area contributed by atoms with Crippen molar-refractivity contribution in [3.63, 3.8) is 0 Å². The van der Waals surface area contributed by atoms with E-state index in [1.165, 1.54) is 12.4 Å².